The first-order valence-electron chi connectivity index (χ1n) is 20.3. The van der Waals surface area contributed by atoms with Crippen molar-refractivity contribution in [3.63, 3.8) is 0 Å². The molecule has 2 amide bonds. The van der Waals surface area contributed by atoms with E-state index in [0.29, 0.717) is 29.2 Å². The average Bonchev–Trinajstić information content (AvgIpc) is 3.93. The zero-order chi connectivity index (χ0) is 46.6. The Morgan fingerprint density at radius 1 is 0.507 bits per heavy atom. The summed E-state index contributed by atoms with van der Waals surface area (Å²) in [7, 11) is 0. The van der Waals surface area contributed by atoms with Crippen molar-refractivity contribution in [2.24, 2.45) is 5.73 Å². The number of nitrogens with one attached hydrogen (secondary N) is 1. The Hall–Kier alpha value is -8.93. The lowest BCUT2D eigenvalue weighted by Gasteiger charge is -2.21. The van der Waals surface area contributed by atoms with Gasteiger partial charge in [-0.3, -0.25) is 0 Å². The number of hydrogen-bond donors (Lipinski definition) is 2. The highest BCUT2D eigenvalue weighted by molar-refractivity contribution is 6.04. The van der Waals surface area contributed by atoms with Crippen molar-refractivity contribution in [2.75, 3.05) is 10.2 Å². The molecule has 0 aliphatic carbocycles. The summed E-state index contributed by atoms with van der Waals surface area (Å²) in [6.07, 6.45) is 3.03. The van der Waals surface area contributed by atoms with Crippen molar-refractivity contribution in [3.8, 4) is 22.8 Å². The minimum Gasteiger partial charge on any atom is -0.351 e. The van der Waals surface area contributed by atoms with Gasteiger partial charge in [-0.15, -0.1) is 0 Å². The molecule has 0 aliphatic rings. The largest absolute Gasteiger partial charge is 0.351 e. The highest BCUT2D eigenvalue weighted by atomic mass is 19.2. The van der Waals surface area contributed by atoms with E-state index in [0.717, 1.165) is 41.5 Å². The van der Waals surface area contributed by atoms with E-state index < -0.39 is 46.6 Å². The Kier molecular flexibility index (Phi) is 12.1. The molecule has 0 unspecified atom stereocenters. The molecule has 332 valence electrons. The predicted molar refractivity (Wildman–Crippen MR) is 240 cm³/mol. The van der Waals surface area contributed by atoms with Crippen LogP contribution in [-0.2, 0) is 13.1 Å². The standard InChI is InChI=1S/C25H17F3N6O.C24H16F3N5/c26-17-10-5-4-9-16(17)22-31-23-20(30-14-33(23)13-15-7-2-1-3-8-15)24(32-22)34(25(29)35)21-18(27)11-6-12-19(21)28;25-17-10-5-4-9-16(17)22-30-23(29-20-18(26)11-6-12-19(20)27)21-24(31-22)32(14-28-21)13-15-7-2-1-3-8-15/h1-12,14H,13H2,(H2,29,35);1-12,14H,13H2,(H,29,30,31). The fraction of sp³-hybridized carbons (Fsp3) is 0.0408. The van der Waals surface area contributed by atoms with E-state index in [-0.39, 0.29) is 51.3 Å². The fourth-order valence-electron chi connectivity index (χ4n) is 7.19. The van der Waals surface area contributed by atoms with Crippen molar-refractivity contribution < 1.29 is 31.1 Å². The number of amides is 2. The molecule has 10 aromatic rings. The van der Waals surface area contributed by atoms with Crippen molar-refractivity contribution >= 4 is 51.4 Å². The minimum absolute atomic E-state index is 0.0292. The van der Waals surface area contributed by atoms with Gasteiger partial charge in [-0.05, 0) is 59.7 Å². The van der Waals surface area contributed by atoms with Crippen LogP contribution >= 0.6 is 0 Å². The normalized spacial score (nSPS) is 11.1. The number of aromatic nitrogens is 8. The van der Waals surface area contributed by atoms with E-state index in [1.165, 1.54) is 36.7 Å². The van der Waals surface area contributed by atoms with Crippen LogP contribution < -0.4 is 16.0 Å². The fourth-order valence-corrected chi connectivity index (χ4v) is 7.19. The molecular weight excluding hydrogens is 873 g/mol. The lowest BCUT2D eigenvalue weighted by molar-refractivity contribution is 0.255. The van der Waals surface area contributed by atoms with E-state index in [1.54, 1.807) is 39.7 Å². The van der Waals surface area contributed by atoms with Gasteiger partial charge in [0.05, 0.1) is 36.9 Å². The molecule has 0 aliphatic heterocycles. The van der Waals surface area contributed by atoms with Crippen molar-refractivity contribution in [2.45, 2.75) is 13.1 Å². The molecule has 4 heterocycles. The summed E-state index contributed by atoms with van der Waals surface area (Å²) in [5.74, 6) is -5.01. The number of hydrogen-bond acceptors (Lipinski definition) is 8. The molecule has 67 heavy (non-hydrogen) atoms. The lowest BCUT2D eigenvalue weighted by atomic mass is 10.2. The summed E-state index contributed by atoms with van der Waals surface area (Å²) < 4.78 is 90.6. The van der Waals surface area contributed by atoms with E-state index in [4.69, 9.17) is 5.73 Å². The third-order valence-corrected chi connectivity index (χ3v) is 10.3. The molecule has 18 heteroatoms. The minimum atomic E-state index is -1.20. The number of nitrogens with two attached hydrogens (primary N) is 1. The van der Waals surface area contributed by atoms with Crippen molar-refractivity contribution in [3.05, 3.63) is 204 Å². The first-order chi connectivity index (χ1) is 32.5. The second-order valence-electron chi connectivity index (χ2n) is 14.8. The quantitative estimate of drug-likeness (QED) is 0.129. The maximum absolute atomic E-state index is 14.7. The first-order valence-corrected chi connectivity index (χ1v) is 20.3. The SMILES string of the molecule is Fc1ccccc1-c1nc(Nc2c(F)cccc2F)c2ncn(Cc3ccccc3)c2n1.NC(=O)N(c1c(F)cccc1F)c1nc(-c2ccccc2F)nc2c1ncn2Cc1ccccc1. The van der Waals surface area contributed by atoms with Crippen LogP contribution in [-0.4, -0.2) is 45.1 Å². The third-order valence-electron chi connectivity index (χ3n) is 10.3. The number of carbonyl (C=O) groups excluding carboxylic acids is 1. The van der Waals surface area contributed by atoms with Gasteiger partial charge in [0, 0.05) is 0 Å². The Bertz CT molecular complexity index is 3380. The number of imidazole rings is 2. The van der Waals surface area contributed by atoms with Crippen LogP contribution in [0, 0.1) is 34.9 Å². The molecule has 3 N–H and O–H groups in total. The van der Waals surface area contributed by atoms with E-state index in [1.807, 2.05) is 60.7 Å². The maximum atomic E-state index is 14.7. The van der Waals surface area contributed by atoms with Crippen LogP contribution in [0.4, 0.5) is 54.1 Å². The number of rotatable bonds is 10. The van der Waals surface area contributed by atoms with Gasteiger partial charge < -0.3 is 20.2 Å². The summed E-state index contributed by atoms with van der Waals surface area (Å²) in [5.41, 5.74) is 7.59. The van der Waals surface area contributed by atoms with E-state index in [2.05, 4.69) is 35.2 Å². The second-order valence-corrected chi connectivity index (χ2v) is 14.8. The Balaban J connectivity index is 0.000000169. The summed E-state index contributed by atoms with van der Waals surface area (Å²) in [4.78, 5) is 39.4. The zero-order valence-corrected chi connectivity index (χ0v) is 34.7. The number of halogens is 6. The van der Waals surface area contributed by atoms with Crippen LogP contribution in [0.2, 0.25) is 0 Å². The molecule has 4 aromatic heterocycles. The van der Waals surface area contributed by atoms with Gasteiger partial charge in [-0.1, -0.05) is 97.1 Å². The molecule has 0 spiro atoms. The Labute approximate surface area is 376 Å². The summed E-state index contributed by atoms with van der Waals surface area (Å²) >= 11 is 0. The summed E-state index contributed by atoms with van der Waals surface area (Å²) in [6.45, 7) is 0.799. The maximum Gasteiger partial charge on any atom is 0.325 e. The van der Waals surface area contributed by atoms with Crippen LogP contribution in [0.15, 0.2) is 158 Å². The molecule has 0 fully saturated rings. The summed E-state index contributed by atoms with van der Waals surface area (Å²) in [6, 6.07) is 36.4. The molecule has 10 rings (SSSR count). The zero-order valence-electron chi connectivity index (χ0n) is 34.7. The number of anilines is 4. The predicted octanol–water partition coefficient (Wildman–Crippen LogP) is 10.9. The topological polar surface area (TPSA) is 146 Å². The number of nitrogens with zero attached hydrogens (tertiary/aromatic N) is 9. The molecule has 0 radical (unpaired) electrons. The van der Waals surface area contributed by atoms with E-state index >= 15 is 0 Å². The van der Waals surface area contributed by atoms with Crippen molar-refractivity contribution in [1.82, 2.24) is 39.0 Å². The smallest absolute Gasteiger partial charge is 0.325 e. The molecule has 0 saturated carbocycles. The van der Waals surface area contributed by atoms with Gasteiger partial charge in [0.2, 0.25) is 0 Å². The Morgan fingerprint density at radius 2 is 0.940 bits per heavy atom. The average molecular weight is 906 g/mol. The lowest BCUT2D eigenvalue weighted by Crippen LogP contribution is -2.34. The first kappa shape index (κ1) is 43.3. The van der Waals surface area contributed by atoms with Crippen LogP contribution in [0.3, 0.4) is 0 Å². The molecule has 0 saturated heterocycles. The second kappa shape index (κ2) is 18.7. The highest BCUT2D eigenvalue weighted by Gasteiger charge is 2.29. The number of carbonyl (C=O) groups is 1. The molecule has 12 nitrogen and oxygen atoms in total. The molecule has 6 aromatic carbocycles. The van der Waals surface area contributed by atoms with E-state index in [9.17, 15) is 31.1 Å². The van der Waals surface area contributed by atoms with Crippen LogP contribution in [0.5, 0.6) is 0 Å². The van der Waals surface area contributed by atoms with Gasteiger partial charge >= 0.3 is 6.03 Å². The number of benzene rings is 6. The molecule has 0 bridgehead atoms. The number of urea groups is 1. The van der Waals surface area contributed by atoms with Crippen molar-refractivity contribution in [1.29, 1.82) is 0 Å². The monoisotopic (exact) mass is 905 g/mol. The summed E-state index contributed by atoms with van der Waals surface area (Å²) in [5, 5.41) is 2.69. The third kappa shape index (κ3) is 8.95. The number of para-hydroxylation sites is 2. The number of fused-ring (bicyclic) bond motifs is 2. The van der Waals surface area contributed by atoms with Gasteiger partial charge in [-0.2, -0.15) is 0 Å². The highest BCUT2D eigenvalue weighted by Crippen LogP contribution is 2.36. The van der Waals surface area contributed by atoms with Gasteiger partial charge in [-0.25, -0.2) is 65.9 Å². The number of primary amides is 1. The van der Waals surface area contributed by atoms with Gasteiger partial charge in [0.25, 0.3) is 0 Å². The molecular formula is C49H33F6N11O. The van der Waals surface area contributed by atoms with Crippen LogP contribution in [0.25, 0.3) is 45.1 Å². The van der Waals surface area contributed by atoms with Gasteiger partial charge in [0.1, 0.15) is 46.3 Å². The van der Waals surface area contributed by atoms with Gasteiger partial charge in [0.15, 0.2) is 45.6 Å². The molecule has 0 atom stereocenters. The van der Waals surface area contributed by atoms with Crippen LogP contribution in [0.1, 0.15) is 11.1 Å². The Morgan fingerprint density at radius 3 is 1.45 bits per heavy atom.